The third kappa shape index (κ3) is 4.84. The van der Waals surface area contributed by atoms with Crippen LogP contribution in [0.3, 0.4) is 0 Å². The Balaban J connectivity index is 1.32. The van der Waals surface area contributed by atoms with Crippen molar-refractivity contribution in [3.05, 3.63) is 95.6 Å². The van der Waals surface area contributed by atoms with Crippen molar-refractivity contribution in [3.63, 3.8) is 0 Å². The average molecular weight is 449 g/mol. The van der Waals surface area contributed by atoms with Crippen molar-refractivity contribution in [2.24, 2.45) is 4.40 Å². The first-order valence-electron chi connectivity index (χ1n) is 9.71. The smallest absolute Gasteiger partial charge is 0.325 e. The zero-order chi connectivity index (χ0) is 22.6. The van der Waals surface area contributed by atoms with E-state index in [2.05, 4.69) is 15.0 Å². The van der Waals surface area contributed by atoms with Crippen LogP contribution in [0.4, 0.5) is 5.69 Å². The van der Waals surface area contributed by atoms with Crippen molar-refractivity contribution in [3.8, 4) is 0 Å². The summed E-state index contributed by atoms with van der Waals surface area (Å²) in [5.41, 5.74) is 2.25. The quantitative estimate of drug-likeness (QED) is 0.560. The maximum absolute atomic E-state index is 12.3. The van der Waals surface area contributed by atoms with E-state index in [9.17, 15) is 18.0 Å². The topological polar surface area (TPSA) is 114 Å². The lowest BCUT2D eigenvalue weighted by Gasteiger charge is -2.09. The Bertz CT molecular complexity index is 1290. The number of amidine groups is 1. The monoisotopic (exact) mass is 449 g/mol. The number of carbonyl (C=O) groups is 2. The van der Waals surface area contributed by atoms with Crippen LogP contribution >= 0.6 is 0 Å². The summed E-state index contributed by atoms with van der Waals surface area (Å²) in [6, 6.07) is 22.2. The first-order valence-corrected chi connectivity index (χ1v) is 11.2. The molecular weight excluding hydrogens is 430 g/mol. The van der Waals surface area contributed by atoms with Gasteiger partial charge >= 0.3 is 5.97 Å². The van der Waals surface area contributed by atoms with E-state index in [0.29, 0.717) is 16.8 Å². The molecule has 4 rings (SSSR count). The van der Waals surface area contributed by atoms with Gasteiger partial charge in [0.2, 0.25) is 0 Å². The van der Waals surface area contributed by atoms with Crippen LogP contribution in [0.2, 0.25) is 0 Å². The zero-order valence-corrected chi connectivity index (χ0v) is 17.6. The molecule has 9 heteroatoms. The van der Waals surface area contributed by atoms with Crippen molar-refractivity contribution >= 4 is 33.4 Å². The molecule has 162 valence electrons. The second kappa shape index (κ2) is 9.03. The van der Waals surface area contributed by atoms with E-state index < -0.39 is 21.9 Å². The van der Waals surface area contributed by atoms with Crippen molar-refractivity contribution in [1.29, 1.82) is 0 Å². The first-order chi connectivity index (χ1) is 15.4. The van der Waals surface area contributed by atoms with E-state index in [1.54, 1.807) is 42.5 Å². The van der Waals surface area contributed by atoms with Gasteiger partial charge in [-0.05, 0) is 42.0 Å². The molecule has 0 saturated heterocycles. The molecule has 1 aliphatic rings. The number of esters is 1. The summed E-state index contributed by atoms with van der Waals surface area (Å²) in [5.74, 6) is -0.752. The number of ether oxygens (including phenoxy) is 1. The van der Waals surface area contributed by atoms with Crippen molar-refractivity contribution < 1.29 is 22.7 Å². The second-order valence-electron chi connectivity index (χ2n) is 6.94. The Morgan fingerprint density at radius 2 is 1.56 bits per heavy atom. The molecular formula is C23H19N3O5S. The standard InChI is InChI=1S/C23H19N3O5S/c27-21(31-15-16-6-2-1-3-7-16)14-24-23(28)17-10-12-18(13-11-17)25-22-19-8-4-5-9-20(19)32(29,30)26-22/h1-13H,14-15H2,(H,24,28)(H,25,26). The molecule has 3 aromatic rings. The van der Waals surface area contributed by atoms with Gasteiger partial charge in [-0.3, -0.25) is 9.59 Å². The maximum Gasteiger partial charge on any atom is 0.325 e. The number of carbonyl (C=O) groups excluding carboxylic acids is 2. The molecule has 0 bridgehead atoms. The summed E-state index contributed by atoms with van der Waals surface area (Å²) in [6.07, 6.45) is 0. The van der Waals surface area contributed by atoms with E-state index in [4.69, 9.17) is 4.74 Å². The molecule has 0 saturated carbocycles. The van der Waals surface area contributed by atoms with Gasteiger partial charge in [0.05, 0.1) is 0 Å². The molecule has 32 heavy (non-hydrogen) atoms. The Kier molecular flexibility index (Phi) is 6.00. The molecule has 0 fully saturated rings. The van der Waals surface area contributed by atoms with Crippen LogP contribution in [0.1, 0.15) is 21.5 Å². The second-order valence-corrected chi connectivity index (χ2v) is 8.51. The number of nitrogens with zero attached hydrogens (tertiary/aromatic N) is 1. The van der Waals surface area contributed by atoms with E-state index in [1.165, 1.54) is 6.07 Å². The fraction of sp³-hybridized carbons (Fsp3) is 0.0870. The van der Waals surface area contributed by atoms with Gasteiger partial charge in [0.15, 0.2) is 5.84 Å². The van der Waals surface area contributed by atoms with Gasteiger partial charge in [-0.25, -0.2) is 0 Å². The predicted octanol–water partition coefficient (Wildman–Crippen LogP) is 2.72. The summed E-state index contributed by atoms with van der Waals surface area (Å²) in [4.78, 5) is 24.3. The first kappa shape index (κ1) is 21.3. The van der Waals surface area contributed by atoms with Crippen LogP contribution in [0.15, 0.2) is 88.2 Å². The molecule has 0 aromatic heterocycles. The fourth-order valence-electron chi connectivity index (χ4n) is 3.08. The minimum absolute atomic E-state index is 0.138. The number of hydrogen-bond donors (Lipinski definition) is 2. The minimum Gasteiger partial charge on any atom is -0.460 e. The summed E-state index contributed by atoms with van der Waals surface area (Å²) in [5, 5.41) is 5.48. The van der Waals surface area contributed by atoms with E-state index in [-0.39, 0.29) is 23.9 Å². The molecule has 8 nitrogen and oxygen atoms in total. The number of hydrogen-bond acceptors (Lipinski definition) is 6. The van der Waals surface area contributed by atoms with Gasteiger partial charge in [0.1, 0.15) is 18.0 Å². The Morgan fingerprint density at radius 3 is 2.31 bits per heavy atom. The Morgan fingerprint density at radius 1 is 0.875 bits per heavy atom. The highest BCUT2D eigenvalue weighted by Crippen LogP contribution is 2.26. The molecule has 1 amide bonds. The van der Waals surface area contributed by atoms with Gasteiger partial charge in [-0.15, -0.1) is 4.40 Å². The summed E-state index contributed by atoms with van der Waals surface area (Å²) >= 11 is 0. The number of fused-ring (bicyclic) bond motifs is 1. The van der Waals surface area contributed by atoms with Crippen LogP contribution in [0.25, 0.3) is 0 Å². The van der Waals surface area contributed by atoms with E-state index in [1.807, 2.05) is 30.3 Å². The zero-order valence-electron chi connectivity index (χ0n) is 16.8. The Hall–Kier alpha value is -3.98. The van der Waals surface area contributed by atoms with Crippen LogP contribution < -0.4 is 10.6 Å². The fourth-order valence-corrected chi connectivity index (χ4v) is 4.26. The number of benzene rings is 3. The van der Waals surface area contributed by atoms with Gasteiger partial charge in [0.25, 0.3) is 15.9 Å². The number of sulfonamides is 1. The van der Waals surface area contributed by atoms with Crippen LogP contribution in [-0.2, 0) is 26.2 Å². The molecule has 0 spiro atoms. The third-order valence-electron chi connectivity index (χ3n) is 4.68. The van der Waals surface area contributed by atoms with Gasteiger partial charge in [0, 0.05) is 16.8 Å². The highest BCUT2D eigenvalue weighted by molar-refractivity contribution is 7.90. The lowest BCUT2D eigenvalue weighted by Crippen LogP contribution is -2.30. The Labute approximate surface area is 185 Å². The molecule has 0 radical (unpaired) electrons. The SMILES string of the molecule is O=C(CNC(=O)c1ccc(NC2=NS(=O)(=O)c3ccccc32)cc1)OCc1ccccc1. The van der Waals surface area contributed by atoms with Crippen molar-refractivity contribution in [2.45, 2.75) is 11.5 Å². The van der Waals surface area contributed by atoms with Crippen LogP contribution in [0, 0.1) is 0 Å². The van der Waals surface area contributed by atoms with Gasteiger partial charge in [-0.2, -0.15) is 8.42 Å². The van der Waals surface area contributed by atoms with E-state index in [0.717, 1.165) is 5.56 Å². The third-order valence-corrected chi connectivity index (χ3v) is 6.01. The number of nitrogens with one attached hydrogen (secondary N) is 2. The van der Waals surface area contributed by atoms with Crippen LogP contribution in [-0.4, -0.2) is 32.7 Å². The van der Waals surface area contributed by atoms with Crippen molar-refractivity contribution in [2.75, 3.05) is 11.9 Å². The average Bonchev–Trinajstić information content (AvgIpc) is 3.07. The minimum atomic E-state index is -3.72. The van der Waals surface area contributed by atoms with Gasteiger partial charge in [-0.1, -0.05) is 42.5 Å². The molecule has 1 heterocycles. The number of amides is 1. The summed E-state index contributed by atoms with van der Waals surface area (Å²) in [7, 11) is -3.72. The normalized spacial score (nSPS) is 13.6. The van der Waals surface area contributed by atoms with Crippen LogP contribution in [0.5, 0.6) is 0 Å². The molecule has 2 N–H and O–H groups in total. The molecule has 0 atom stereocenters. The summed E-state index contributed by atoms with van der Waals surface area (Å²) in [6.45, 7) is -0.115. The number of rotatable bonds is 6. The summed E-state index contributed by atoms with van der Waals surface area (Å²) < 4.78 is 33.2. The lowest BCUT2D eigenvalue weighted by atomic mass is 10.1. The largest absolute Gasteiger partial charge is 0.460 e. The predicted molar refractivity (Wildman–Crippen MR) is 119 cm³/mol. The maximum atomic E-state index is 12.3. The molecule has 0 unspecified atom stereocenters. The number of anilines is 1. The highest BCUT2D eigenvalue weighted by atomic mass is 32.2. The molecule has 1 aliphatic heterocycles. The van der Waals surface area contributed by atoms with E-state index >= 15 is 0 Å². The lowest BCUT2D eigenvalue weighted by molar-refractivity contribution is -0.143. The highest BCUT2D eigenvalue weighted by Gasteiger charge is 2.28. The van der Waals surface area contributed by atoms with Gasteiger partial charge < -0.3 is 15.4 Å². The van der Waals surface area contributed by atoms with Crippen molar-refractivity contribution in [1.82, 2.24) is 5.32 Å². The molecule has 3 aromatic carbocycles. The molecule has 0 aliphatic carbocycles.